The summed E-state index contributed by atoms with van der Waals surface area (Å²) in [5.74, 6) is 0.774. The molecule has 10 rings (SSSR count). The third-order valence-electron chi connectivity index (χ3n) is 11.2. The lowest BCUT2D eigenvalue weighted by Gasteiger charge is -2.19. The van der Waals surface area contributed by atoms with Crippen LogP contribution < -0.4 is 10.5 Å². The first kappa shape index (κ1) is 32.9. The van der Waals surface area contributed by atoms with Crippen LogP contribution in [0.1, 0.15) is 0 Å². The highest BCUT2D eigenvalue weighted by Gasteiger charge is 2.42. The number of rotatable bonds is 6. The van der Waals surface area contributed by atoms with Crippen molar-refractivity contribution >= 4 is 29.4 Å². The van der Waals surface area contributed by atoms with E-state index in [2.05, 4.69) is 207 Å². The van der Waals surface area contributed by atoms with Crippen LogP contribution in [0.2, 0.25) is 13.1 Å². The zero-order chi connectivity index (χ0) is 36.9. The molecule has 0 atom stereocenters. The minimum atomic E-state index is -2.16. The molecule has 55 heavy (non-hydrogen) atoms. The van der Waals surface area contributed by atoms with E-state index in [0.717, 1.165) is 33.8 Å². The Kier molecular flexibility index (Phi) is 7.97. The molecule has 0 saturated carbocycles. The molecule has 0 N–H and O–H groups in total. The van der Waals surface area contributed by atoms with Crippen LogP contribution in [0.15, 0.2) is 194 Å². The van der Waals surface area contributed by atoms with Gasteiger partial charge in [-0.05, 0) is 96.4 Å². The molecule has 0 bridgehead atoms. The summed E-state index contributed by atoms with van der Waals surface area (Å²) in [6.45, 7) is 4.88. The Balaban J connectivity index is 1.10. The summed E-state index contributed by atoms with van der Waals surface area (Å²) in [7, 11) is -2.16. The maximum Gasteiger partial charge on any atom is 0.159 e. The third kappa shape index (κ3) is 5.81. The van der Waals surface area contributed by atoms with E-state index in [1.165, 1.54) is 65.8 Å². The number of aromatic nitrogens is 2. The Bertz CT molecular complexity index is 2820. The average Bonchev–Trinajstić information content (AvgIpc) is 3.50. The van der Waals surface area contributed by atoms with Crippen LogP contribution >= 0.6 is 0 Å². The second kappa shape index (κ2) is 13.3. The molecule has 9 aromatic rings. The van der Waals surface area contributed by atoms with Crippen molar-refractivity contribution in [1.29, 1.82) is 0 Å². The zero-order valence-electron chi connectivity index (χ0n) is 30.9. The van der Waals surface area contributed by atoms with Gasteiger partial charge in [-0.25, -0.2) is 9.97 Å². The molecule has 0 unspecified atom stereocenters. The van der Waals surface area contributed by atoms with Crippen LogP contribution in [0.3, 0.4) is 0 Å². The lowest BCUT2D eigenvalue weighted by molar-refractivity contribution is 1.21. The van der Waals surface area contributed by atoms with Gasteiger partial charge in [0.25, 0.3) is 0 Å². The van der Waals surface area contributed by atoms with Crippen molar-refractivity contribution in [2.75, 3.05) is 0 Å². The predicted octanol–water partition coefficient (Wildman–Crippen LogP) is 12.4. The molecular formula is C52H38N2Si. The molecule has 0 spiro atoms. The highest BCUT2D eigenvalue weighted by molar-refractivity contribution is 7.03. The summed E-state index contributed by atoms with van der Waals surface area (Å²) in [4.78, 5) is 11.0. The van der Waals surface area contributed by atoms with E-state index in [0.29, 0.717) is 0 Å². The molecule has 0 radical (unpaired) electrons. The molecule has 2 nitrogen and oxygen atoms in total. The van der Waals surface area contributed by atoms with Crippen LogP contribution in [0, 0.1) is 0 Å². The van der Waals surface area contributed by atoms with Crippen LogP contribution in [0.25, 0.3) is 89.1 Å². The van der Waals surface area contributed by atoms with Gasteiger partial charge in [-0.1, -0.05) is 177 Å². The standard InChI is InChI=1S/C52H38N2Si/c1-55(2)47-29-28-37-20-12-13-27-46(37)48(47)49-50(38-21-10-5-11-22-38)53-51(54-52(49)55)42-26-15-24-40(31-42)39-23-14-25-41(30-39)45-33-43(35-16-6-3-7-17-35)32-44(34-45)36-18-8-4-9-19-36/h3-34H,1-2H3. The van der Waals surface area contributed by atoms with Crippen molar-refractivity contribution in [2.24, 2.45) is 0 Å². The molecule has 0 saturated heterocycles. The summed E-state index contributed by atoms with van der Waals surface area (Å²) in [6.07, 6.45) is 0. The second-order valence-corrected chi connectivity index (χ2v) is 19.3. The fourth-order valence-electron chi connectivity index (χ4n) is 8.38. The van der Waals surface area contributed by atoms with E-state index in [4.69, 9.17) is 9.97 Å². The fraction of sp³-hybridized carbons (Fsp3) is 0.0385. The first-order chi connectivity index (χ1) is 27.0. The third-order valence-corrected chi connectivity index (χ3v) is 14.5. The zero-order valence-corrected chi connectivity index (χ0v) is 31.9. The molecule has 260 valence electrons. The molecule has 1 aliphatic heterocycles. The summed E-state index contributed by atoms with van der Waals surface area (Å²) in [5, 5.41) is 5.17. The van der Waals surface area contributed by atoms with E-state index < -0.39 is 8.07 Å². The minimum Gasteiger partial charge on any atom is -0.237 e. The lowest BCUT2D eigenvalue weighted by Crippen LogP contribution is -2.50. The summed E-state index contributed by atoms with van der Waals surface area (Å²) in [5.41, 5.74) is 15.1. The Hall–Kier alpha value is -6.68. The average molecular weight is 719 g/mol. The maximum atomic E-state index is 5.51. The van der Waals surface area contributed by atoms with E-state index in [1.54, 1.807) is 0 Å². The largest absolute Gasteiger partial charge is 0.237 e. The van der Waals surface area contributed by atoms with E-state index in [1.807, 2.05) is 0 Å². The number of hydrogen-bond donors (Lipinski definition) is 0. The minimum absolute atomic E-state index is 0.774. The maximum absolute atomic E-state index is 5.51. The smallest absolute Gasteiger partial charge is 0.159 e. The fourth-order valence-corrected chi connectivity index (χ4v) is 11.3. The van der Waals surface area contributed by atoms with E-state index in [9.17, 15) is 0 Å². The number of hydrogen-bond acceptors (Lipinski definition) is 2. The monoisotopic (exact) mass is 718 g/mol. The van der Waals surface area contributed by atoms with Crippen LogP contribution in [-0.4, -0.2) is 18.0 Å². The Morgan fingerprint density at radius 3 is 1.42 bits per heavy atom. The van der Waals surface area contributed by atoms with Gasteiger partial charge in [0.2, 0.25) is 0 Å². The van der Waals surface area contributed by atoms with Gasteiger partial charge in [-0.2, -0.15) is 0 Å². The van der Waals surface area contributed by atoms with Gasteiger partial charge in [0, 0.05) is 22.0 Å². The molecule has 0 amide bonds. The summed E-state index contributed by atoms with van der Waals surface area (Å²) >= 11 is 0. The van der Waals surface area contributed by atoms with Crippen molar-refractivity contribution in [3.05, 3.63) is 194 Å². The molecule has 2 heterocycles. The van der Waals surface area contributed by atoms with Gasteiger partial charge >= 0.3 is 0 Å². The van der Waals surface area contributed by atoms with E-state index in [-0.39, 0.29) is 0 Å². The molecule has 1 aliphatic rings. The first-order valence-corrected chi connectivity index (χ1v) is 22.0. The molecule has 0 aliphatic carbocycles. The SMILES string of the molecule is C[Si]1(C)c2ccc3ccccc3c2-c2c(-c3ccccc3)nc(-c3cccc(-c4cccc(-c5cc(-c6ccccc6)cc(-c6ccccc6)c5)c4)c3)nc21. The predicted molar refractivity (Wildman–Crippen MR) is 234 cm³/mol. The first-order valence-electron chi connectivity index (χ1n) is 19.0. The van der Waals surface area contributed by atoms with Gasteiger partial charge in [-0.3, -0.25) is 0 Å². The van der Waals surface area contributed by atoms with Crippen LogP contribution in [0.5, 0.6) is 0 Å². The second-order valence-electron chi connectivity index (χ2n) is 15.0. The van der Waals surface area contributed by atoms with E-state index >= 15 is 0 Å². The normalized spacial score (nSPS) is 12.7. The van der Waals surface area contributed by atoms with Crippen molar-refractivity contribution in [1.82, 2.24) is 9.97 Å². The van der Waals surface area contributed by atoms with Gasteiger partial charge in [0.1, 0.15) is 8.07 Å². The van der Waals surface area contributed by atoms with Crippen LogP contribution in [0.4, 0.5) is 0 Å². The van der Waals surface area contributed by atoms with Gasteiger partial charge in [0.05, 0.1) is 5.69 Å². The van der Waals surface area contributed by atoms with Crippen molar-refractivity contribution in [2.45, 2.75) is 13.1 Å². The number of fused-ring (bicyclic) bond motifs is 5. The van der Waals surface area contributed by atoms with Gasteiger partial charge < -0.3 is 0 Å². The van der Waals surface area contributed by atoms with Crippen LogP contribution in [-0.2, 0) is 0 Å². The van der Waals surface area contributed by atoms with Crippen molar-refractivity contribution in [3.63, 3.8) is 0 Å². The topological polar surface area (TPSA) is 25.8 Å². The lowest BCUT2D eigenvalue weighted by atomic mass is 9.92. The Morgan fingerprint density at radius 2 is 0.800 bits per heavy atom. The molecular weight excluding hydrogens is 681 g/mol. The number of benzene rings is 8. The Labute approximate surface area is 323 Å². The summed E-state index contributed by atoms with van der Waals surface area (Å²) < 4.78 is 0. The Morgan fingerprint density at radius 1 is 0.345 bits per heavy atom. The molecule has 1 aromatic heterocycles. The number of nitrogens with zero attached hydrogens (tertiary/aromatic N) is 2. The quantitative estimate of drug-likeness (QED) is 0.160. The summed E-state index contributed by atoms with van der Waals surface area (Å²) in [6, 6.07) is 69.9. The molecule has 3 heteroatoms. The van der Waals surface area contributed by atoms with Gasteiger partial charge in [0.15, 0.2) is 5.82 Å². The van der Waals surface area contributed by atoms with Crippen molar-refractivity contribution in [3.8, 4) is 78.3 Å². The molecule has 0 fully saturated rings. The van der Waals surface area contributed by atoms with Gasteiger partial charge in [-0.15, -0.1) is 0 Å². The molecule has 8 aromatic carbocycles. The highest BCUT2D eigenvalue weighted by atomic mass is 28.3. The highest BCUT2D eigenvalue weighted by Crippen LogP contribution is 2.41. The van der Waals surface area contributed by atoms with Crippen molar-refractivity contribution < 1.29 is 0 Å².